The largest absolute Gasteiger partial charge is 0.383 e. The van der Waals surface area contributed by atoms with E-state index in [0.717, 1.165) is 51.8 Å². The Bertz CT molecular complexity index is 563. The molecule has 2 aliphatic rings. The molecule has 1 atom stereocenters. The Kier molecular flexibility index (Phi) is 9.64. The van der Waals surface area contributed by atoms with Crippen molar-refractivity contribution in [1.29, 1.82) is 0 Å². The summed E-state index contributed by atoms with van der Waals surface area (Å²) in [5.74, 6) is 1.04. The van der Waals surface area contributed by atoms with Crippen LogP contribution >= 0.6 is 24.0 Å². The summed E-state index contributed by atoms with van der Waals surface area (Å²) in [5, 5.41) is 3.62. The molecule has 1 aromatic carbocycles. The van der Waals surface area contributed by atoms with E-state index >= 15 is 0 Å². The lowest BCUT2D eigenvalue weighted by Gasteiger charge is -2.38. The van der Waals surface area contributed by atoms with Gasteiger partial charge >= 0.3 is 0 Å². The van der Waals surface area contributed by atoms with Crippen LogP contribution in [0.3, 0.4) is 0 Å². The van der Waals surface area contributed by atoms with Crippen molar-refractivity contribution in [3.8, 4) is 0 Å². The minimum absolute atomic E-state index is 0. The van der Waals surface area contributed by atoms with E-state index in [1.54, 1.807) is 7.11 Å². The molecule has 2 heterocycles. The third kappa shape index (κ3) is 6.22. The van der Waals surface area contributed by atoms with E-state index in [9.17, 15) is 0 Å². The number of benzene rings is 1. The third-order valence-electron chi connectivity index (χ3n) is 5.49. The molecule has 1 N–H and O–H groups in total. The van der Waals surface area contributed by atoms with Gasteiger partial charge in [-0.3, -0.25) is 9.89 Å². The van der Waals surface area contributed by atoms with Crippen LogP contribution in [-0.2, 0) is 4.74 Å². The number of guanidine groups is 1. The normalized spacial score (nSPS) is 21.3. The standard InChI is InChI=1S/C20H33N5O.HI/c1-21-20(22-17-19-9-6-10-23(19)15-16-26-2)25-13-11-24(12-14-25)18-7-4-3-5-8-18;/h3-5,7-8,19H,6,9-17H2,1-2H3,(H,21,22);1H. The average molecular weight is 487 g/mol. The number of hydrogen-bond acceptors (Lipinski definition) is 4. The maximum atomic E-state index is 5.24. The van der Waals surface area contributed by atoms with Crippen LogP contribution in [0.4, 0.5) is 5.69 Å². The predicted octanol–water partition coefficient (Wildman–Crippen LogP) is 2.11. The van der Waals surface area contributed by atoms with Crippen molar-refractivity contribution in [2.45, 2.75) is 18.9 Å². The van der Waals surface area contributed by atoms with Crippen molar-refractivity contribution < 1.29 is 4.74 Å². The fraction of sp³-hybridized carbons (Fsp3) is 0.650. The summed E-state index contributed by atoms with van der Waals surface area (Å²) in [5.41, 5.74) is 1.31. The number of ether oxygens (including phenoxy) is 1. The molecular weight excluding hydrogens is 453 g/mol. The van der Waals surface area contributed by atoms with Gasteiger partial charge in [0.1, 0.15) is 0 Å². The van der Waals surface area contributed by atoms with Crippen molar-refractivity contribution in [2.24, 2.45) is 4.99 Å². The zero-order valence-electron chi connectivity index (χ0n) is 16.6. The molecule has 0 amide bonds. The number of hydrogen-bond donors (Lipinski definition) is 1. The molecule has 1 aromatic rings. The monoisotopic (exact) mass is 487 g/mol. The molecule has 0 aromatic heterocycles. The summed E-state index contributed by atoms with van der Waals surface area (Å²) in [6.07, 6.45) is 2.54. The Morgan fingerprint density at radius 1 is 1.15 bits per heavy atom. The highest BCUT2D eigenvalue weighted by Crippen LogP contribution is 2.17. The quantitative estimate of drug-likeness (QED) is 0.379. The molecule has 2 saturated heterocycles. The lowest BCUT2D eigenvalue weighted by atomic mass is 10.2. The molecular formula is C20H34IN5O. The van der Waals surface area contributed by atoms with Gasteiger partial charge in [-0.25, -0.2) is 0 Å². The van der Waals surface area contributed by atoms with Crippen molar-refractivity contribution in [3.63, 3.8) is 0 Å². The van der Waals surface area contributed by atoms with Crippen LogP contribution in [0.1, 0.15) is 12.8 Å². The van der Waals surface area contributed by atoms with Crippen LogP contribution in [0.15, 0.2) is 35.3 Å². The molecule has 0 bridgehead atoms. The number of halogens is 1. The van der Waals surface area contributed by atoms with Gasteiger partial charge in [-0.1, -0.05) is 18.2 Å². The lowest BCUT2D eigenvalue weighted by Crippen LogP contribution is -2.54. The molecule has 1 unspecified atom stereocenters. The van der Waals surface area contributed by atoms with Gasteiger partial charge in [0.05, 0.1) is 6.61 Å². The number of likely N-dealkylation sites (tertiary alicyclic amines) is 1. The number of nitrogens with zero attached hydrogens (tertiary/aromatic N) is 4. The average Bonchev–Trinajstić information content (AvgIpc) is 3.15. The Labute approximate surface area is 181 Å². The van der Waals surface area contributed by atoms with E-state index in [1.165, 1.54) is 25.1 Å². The van der Waals surface area contributed by atoms with E-state index in [1.807, 2.05) is 7.05 Å². The molecule has 0 spiro atoms. The topological polar surface area (TPSA) is 43.3 Å². The van der Waals surface area contributed by atoms with Gasteiger partial charge in [-0.15, -0.1) is 24.0 Å². The number of para-hydroxylation sites is 1. The second-order valence-corrected chi connectivity index (χ2v) is 7.06. The highest BCUT2D eigenvalue weighted by molar-refractivity contribution is 14.0. The fourth-order valence-corrected chi connectivity index (χ4v) is 3.99. The van der Waals surface area contributed by atoms with E-state index in [0.29, 0.717) is 6.04 Å². The van der Waals surface area contributed by atoms with Gasteiger partial charge in [0.15, 0.2) is 5.96 Å². The Hall–Kier alpha value is -1.06. The SMILES string of the molecule is CN=C(NCC1CCCN1CCOC)N1CCN(c2ccccc2)CC1.I. The van der Waals surface area contributed by atoms with E-state index < -0.39 is 0 Å². The first-order valence-corrected chi connectivity index (χ1v) is 9.80. The van der Waals surface area contributed by atoms with Crippen molar-refractivity contribution in [3.05, 3.63) is 30.3 Å². The van der Waals surface area contributed by atoms with Crippen LogP contribution in [0, 0.1) is 0 Å². The molecule has 0 radical (unpaired) electrons. The first kappa shape index (κ1) is 22.2. The molecule has 2 fully saturated rings. The van der Waals surface area contributed by atoms with Gasteiger partial charge in [0, 0.05) is 65.2 Å². The smallest absolute Gasteiger partial charge is 0.193 e. The fourth-order valence-electron chi connectivity index (χ4n) is 3.99. The Morgan fingerprint density at radius 3 is 2.56 bits per heavy atom. The minimum atomic E-state index is 0. The summed E-state index contributed by atoms with van der Waals surface area (Å²) in [6.45, 7) is 8.07. The number of anilines is 1. The number of nitrogens with one attached hydrogen (secondary N) is 1. The van der Waals surface area contributed by atoms with Gasteiger partial charge < -0.3 is 19.9 Å². The highest BCUT2D eigenvalue weighted by atomic mass is 127. The first-order valence-electron chi connectivity index (χ1n) is 9.80. The van der Waals surface area contributed by atoms with E-state index in [2.05, 4.69) is 55.3 Å². The molecule has 152 valence electrons. The van der Waals surface area contributed by atoms with Gasteiger partial charge in [-0.05, 0) is 31.5 Å². The maximum absolute atomic E-state index is 5.24. The first-order chi connectivity index (χ1) is 12.8. The molecule has 3 rings (SSSR count). The van der Waals surface area contributed by atoms with Crippen LogP contribution in [0.5, 0.6) is 0 Å². The molecule has 0 saturated carbocycles. The van der Waals surface area contributed by atoms with E-state index in [-0.39, 0.29) is 24.0 Å². The Morgan fingerprint density at radius 2 is 1.89 bits per heavy atom. The van der Waals surface area contributed by atoms with Crippen molar-refractivity contribution >= 4 is 35.6 Å². The summed E-state index contributed by atoms with van der Waals surface area (Å²) >= 11 is 0. The number of piperazine rings is 1. The van der Waals surface area contributed by atoms with E-state index in [4.69, 9.17) is 4.74 Å². The van der Waals surface area contributed by atoms with Crippen LogP contribution in [0.2, 0.25) is 0 Å². The lowest BCUT2D eigenvalue weighted by molar-refractivity contribution is 0.141. The third-order valence-corrected chi connectivity index (χ3v) is 5.49. The van der Waals surface area contributed by atoms with Gasteiger partial charge in [0.2, 0.25) is 0 Å². The summed E-state index contributed by atoms with van der Waals surface area (Å²) in [7, 11) is 3.67. The molecule has 0 aliphatic carbocycles. The molecule has 7 heteroatoms. The number of aliphatic imine (C=N–C) groups is 1. The summed E-state index contributed by atoms with van der Waals surface area (Å²) < 4.78 is 5.24. The second-order valence-electron chi connectivity index (χ2n) is 7.06. The van der Waals surface area contributed by atoms with Crippen LogP contribution in [0.25, 0.3) is 0 Å². The van der Waals surface area contributed by atoms with Gasteiger partial charge in [-0.2, -0.15) is 0 Å². The second kappa shape index (κ2) is 11.7. The highest BCUT2D eigenvalue weighted by Gasteiger charge is 2.25. The molecule has 27 heavy (non-hydrogen) atoms. The molecule has 6 nitrogen and oxygen atoms in total. The predicted molar refractivity (Wildman–Crippen MR) is 123 cm³/mol. The van der Waals surface area contributed by atoms with Crippen LogP contribution in [-0.4, -0.2) is 88.4 Å². The van der Waals surface area contributed by atoms with Crippen molar-refractivity contribution in [2.75, 3.05) is 71.5 Å². The maximum Gasteiger partial charge on any atom is 0.193 e. The zero-order valence-corrected chi connectivity index (χ0v) is 19.0. The van der Waals surface area contributed by atoms with Crippen molar-refractivity contribution in [1.82, 2.24) is 15.1 Å². The number of methoxy groups -OCH3 is 1. The van der Waals surface area contributed by atoms with Crippen LogP contribution < -0.4 is 10.2 Å². The minimum Gasteiger partial charge on any atom is -0.383 e. The summed E-state index contributed by atoms with van der Waals surface area (Å²) in [4.78, 5) is 11.9. The van der Waals surface area contributed by atoms with Gasteiger partial charge in [0.25, 0.3) is 0 Å². The zero-order chi connectivity index (χ0) is 18.2. The molecule has 2 aliphatic heterocycles. The number of rotatable bonds is 6. The Balaban J connectivity index is 0.00000261. The summed E-state index contributed by atoms with van der Waals surface area (Å²) in [6, 6.07) is 11.3.